The third-order valence-corrected chi connectivity index (χ3v) is 1.81. The van der Waals surface area contributed by atoms with Gasteiger partial charge in [-0.3, -0.25) is 9.78 Å². The van der Waals surface area contributed by atoms with Crippen LogP contribution in [0.3, 0.4) is 0 Å². The quantitative estimate of drug-likeness (QED) is 0.647. The van der Waals surface area contributed by atoms with Crippen LogP contribution in [-0.2, 0) is 0 Å². The van der Waals surface area contributed by atoms with E-state index in [1.807, 2.05) is 9.97 Å². The van der Waals surface area contributed by atoms with Crippen LogP contribution < -0.4 is 11.2 Å². The third kappa shape index (κ3) is 1.12. The summed E-state index contributed by atoms with van der Waals surface area (Å²) in [7, 11) is 0. The molecular weight excluding hydrogens is 194 g/mol. The van der Waals surface area contributed by atoms with Crippen molar-refractivity contribution in [2.75, 3.05) is 0 Å². The highest BCUT2D eigenvalue weighted by molar-refractivity contribution is 5.77. The lowest BCUT2D eigenvalue weighted by molar-refractivity contribution is 0.515. The molecule has 0 aliphatic rings. The summed E-state index contributed by atoms with van der Waals surface area (Å²) in [5, 5.41) is -0.0940. The molecule has 0 spiro atoms. The van der Waals surface area contributed by atoms with Crippen LogP contribution in [0, 0.1) is 11.6 Å². The Morgan fingerprint density at radius 2 is 1.79 bits per heavy atom. The van der Waals surface area contributed by atoms with E-state index in [1.165, 1.54) is 0 Å². The number of hydrogen-bond donors (Lipinski definition) is 2. The van der Waals surface area contributed by atoms with E-state index in [2.05, 4.69) is 0 Å². The van der Waals surface area contributed by atoms with Gasteiger partial charge in [-0.05, 0) is 12.1 Å². The number of H-pyrrole nitrogens is 2. The van der Waals surface area contributed by atoms with Crippen LogP contribution >= 0.6 is 0 Å². The first-order chi connectivity index (χ1) is 6.59. The predicted octanol–water partition coefficient (Wildman–Crippen LogP) is 0.495. The topological polar surface area (TPSA) is 65.7 Å². The van der Waals surface area contributed by atoms with Gasteiger partial charge in [-0.25, -0.2) is 13.6 Å². The van der Waals surface area contributed by atoms with Crippen LogP contribution in [0.25, 0.3) is 10.9 Å². The molecule has 4 nitrogen and oxygen atoms in total. The van der Waals surface area contributed by atoms with Gasteiger partial charge in [0.25, 0.3) is 5.56 Å². The number of fused-ring (bicyclic) bond motifs is 1. The van der Waals surface area contributed by atoms with Crippen molar-refractivity contribution in [1.82, 2.24) is 9.97 Å². The molecule has 0 bridgehead atoms. The van der Waals surface area contributed by atoms with Crippen molar-refractivity contribution in [1.29, 1.82) is 0 Å². The predicted molar refractivity (Wildman–Crippen MR) is 45.1 cm³/mol. The van der Waals surface area contributed by atoms with Crippen molar-refractivity contribution in [3.63, 3.8) is 0 Å². The summed E-state index contributed by atoms with van der Waals surface area (Å²) < 4.78 is 25.8. The lowest BCUT2D eigenvalue weighted by atomic mass is 10.2. The minimum absolute atomic E-state index is 0.0940. The van der Waals surface area contributed by atoms with E-state index in [1.54, 1.807) is 0 Å². The Hall–Kier alpha value is -1.98. The zero-order valence-electron chi connectivity index (χ0n) is 6.73. The average Bonchev–Trinajstić information content (AvgIpc) is 2.12. The maximum atomic E-state index is 13.1. The molecule has 1 heterocycles. The van der Waals surface area contributed by atoms with Crippen molar-refractivity contribution in [3.05, 3.63) is 44.6 Å². The second-order valence-corrected chi connectivity index (χ2v) is 2.69. The number of rotatable bonds is 0. The molecule has 0 fully saturated rings. The summed E-state index contributed by atoms with van der Waals surface area (Å²) in [4.78, 5) is 25.8. The second-order valence-electron chi connectivity index (χ2n) is 2.69. The highest BCUT2D eigenvalue weighted by Gasteiger charge is 2.09. The molecule has 2 N–H and O–H groups in total. The van der Waals surface area contributed by atoms with Crippen LogP contribution in [0.1, 0.15) is 0 Å². The Morgan fingerprint density at radius 1 is 1.07 bits per heavy atom. The van der Waals surface area contributed by atoms with E-state index in [0.29, 0.717) is 0 Å². The van der Waals surface area contributed by atoms with Gasteiger partial charge >= 0.3 is 5.69 Å². The fraction of sp³-hybridized carbons (Fsp3) is 0. The fourth-order valence-electron chi connectivity index (χ4n) is 1.18. The number of nitrogens with one attached hydrogen (secondary N) is 2. The van der Waals surface area contributed by atoms with Gasteiger partial charge in [-0.2, -0.15) is 0 Å². The minimum Gasteiger partial charge on any atom is -0.304 e. The van der Waals surface area contributed by atoms with E-state index < -0.39 is 28.4 Å². The van der Waals surface area contributed by atoms with E-state index in [9.17, 15) is 18.4 Å². The second kappa shape index (κ2) is 2.76. The minimum atomic E-state index is -1.23. The summed E-state index contributed by atoms with van der Waals surface area (Å²) in [6, 6.07) is 1.92. The molecule has 0 aliphatic heterocycles. The van der Waals surface area contributed by atoms with Crippen molar-refractivity contribution in [2.24, 2.45) is 0 Å². The molecule has 0 radical (unpaired) electrons. The molecular formula is C8H4F2N2O2. The van der Waals surface area contributed by atoms with Gasteiger partial charge < -0.3 is 4.98 Å². The largest absolute Gasteiger partial charge is 0.326 e. The molecule has 1 aromatic carbocycles. The molecule has 0 aliphatic carbocycles. The molecule has 0 atom stereocenters. The monoisotopic (exact) mass is 198 g/mol. The standard InChI is InChI=1S/C8H4F2N2O2/c9-4-2-1-3-6(5(4)10)11-8(14)12-7(3)13/h1-2H,(H2,11,12,13,14). The van der Waals surface area contributed by atoms with Crippen LogP contribution in [-0.4, -0.2) is 9.97 Å². The van der Waals surface area contributed by atoms with Gasteiger partial charge in [0, 0.05) is 0 Å². The van der Waals surface area contributed by atoms with Crippen molar-refractivity contribution in [2.45, 2.75) is 0 Å². The molecule has 1 aromatic heterocycles. The summed E-state index contributed by atoms with van der Waals surface area (Å²) >= 11 is 0. The number of halogens is 2. The van der Waals surface area contributed by atoms with Crippen LogP contribution in [0.2, 0.25) is 0 Å². The molecule has 0 unspecified atom stereocenters. The first-order valence-electron chi connectivity index (χ1n) is 3.70. The maximum absolute atomic E-state index is 13.1. The average molecular weight is 198 g/mol. The first-order valence-corrected chi connectivity index (χ1v) is 3.70. The number of aromatic amines is 2. The van der Waals surface area contributed by atoms with Crippen LogP contribution in [0.15, 0.2) is 21.7 Å². The smallest absolute Gasteiger partial charge is 0.304 e. The molecule has 2 aromatic rings. The third-order valence-electron chi connectivity index (χ3n) is 1.81. The van der Waals surface area contributed by atoms with Crippen molar-refractivity contribution >= 4 is 10.9 Å². The number of benzene rings is 1. The Bertz CT molecular complexity index is 615. The van der Waals surface area contributed by atoms with E-state index >= 15 is 0 Å². The molecule has 6 heteroatoms. The highest BCUT2D eigenvalue weighted by Crippen LogP contribution is 2.13. The summed E-state index contributed by atoms with van der Waals surface area (Å²) in [5.41, 5.74) is -2.03. The van der Waals surface area contributed by atoms with E-state index in [0.717, 1.165) is 12.1 Å². The lowest BCUT2D eigenvalue weighted by Crippen LogP contribution is -2.22. The van der Waals surface area contributed by atoms with E-state index in [-0.39, 0.29) is 5.39 Å². The summed E-state index contributed by atoms with van der Waals surface area (Å²) in [6.07, 6.45) is 0. The molecule has 72 valence electrons. The summed E-state index contributed by atoms with van der Waals surface area (Å²) in [6.45, 7) is 0. The van der Waals surface area contributed by atoms with Crippen LogP contribution in [0.5, 0.6) is 0 Å². The molecule has 0 saturated carbocycles. The molecule has 14 heavy (non-hydrogen) atoms. The van der Waals surface area contributed by atoms with Gasteiger partial charge in [0.2, 0.25) is 0 Å². The Labute approximate surface area is 75.2 Å². The molecule has 0 saturated heterocycles. The van der Waals surface area contributed by atoms with Crippen LogP contribution in [0.4, 0.5) is 8.78 Å². The number of aromatic nitrogens is 2. The van der Waals surface area contributed by atoms with Gasteiger partial charge in [0.05, 0.1) is 10.9 Å². The van der Waals surface area contributed by atoms with Gasteiger partial charge in [-0.1, -0.05) is 0 Å². The SMILES string of the molecule is O=c1[nH]c(=O)c2ccc(F)c(F)c2[nH]1. The first kappa shape index (κ1) is 8.61. The van der Waals surface area contributed by atoms with Crippen molar-refractivity contribution in [3.8, 4) is 0 Å². The van der Waals surface area contributed by atoms with Gasteiger partial charge in [0.1, 0.15) is 0 Å². The lowest BCUT2D eigenvalue weighted by Gasteiger charge is -1.97. The molecule has 0 amide bonds. The Kier molecular flexibility index (Phi) is 1.70. The van der Waals surface area contributed by atoms with E-state index in [4.69, 9.17) is 0 Å². The Balaban J connectivity index is 3.10. The van der Waals surface area contributed by atoms with Crippen molar-refractivity contribution < 1.29 is 8.78 Å². The Morgan fingerprint density at radius 3 is 2.50 bits per heavy atom. The number of hydrogen-bond acceptors (Lipinski definition) is 2. The normalized spacial score (nSPS) is 10.7. The maximum Gasteiger partial charge on any atom is 0.326 e. The summed E-state index contributed by atoms with van der Waals surface area (Å²) in [5.74, 6) is -2.34. The molecule has 2 rings (SSSR count). The zero-order valence-corrected chi connectivity index (χ0v) is 6.73. The fourth-order valence-corrected chi connectivity index (χ4v) is 1.18. The zero-order chi connectivity index (χ0) is 10.3. The van der Waals surface area contributed by atoms with Gasteiger partial charge in [0.15, 0.2) is 11.6 Å². The van der Waals surface area contributed by atoms with Gasteiger partial charge in [-0.15, -0.1) is 0 Å². The highest BCUT2D eigenvalue weighted by atomic mass is 19.2.